The monoisotopic (exact) mass is 245 g/mol. The zero-order valence-electron chi connectivity index (χ0n) is 10.5. The van der Waals surface area contributed by atoms with Crippen LogP contribution < -0.4 is 4.74 Å². The van der Waals surface area contributed by atoms with Gasteiger partial charge in [-0.25, -0.2) is 4.79 Å². The summed E-state index contributed by atoms with van der Waals surface area (Å²) in [5, 5.41) is 8.82. The number of rotatable bonds is 5. The van der Waals surface area contributed by atoms with Crippen LogP contribution in [0.4, 0.5) is 0 Å². The van der Waals surface area contributed by atoms with Crippen LogP contribution >= 0.6 is 0 Å². The molecule has 0 N–H and O–H groups in total. The Balaban J connectivity index is 2.82. The Hall–Kier alpha value is -2.28. The van der Waals surface area contributed by atoms with Gasteiger partial charge in [-0.05, 0) is 30.2 Å². The molecule has 0 fully saturated rings. The normalized spacial score (nSPS) is 10.6. The SMILES string of the molecule is CCCOc1ccc(C=C(C#N)C(=O)OC)cc1. The van der Waals surface area contributed by atoms with E-state index in [0.717, 1.165) is 17.7 Å². The lowest BCUT2D eigenvalue weighted by Gasteiger charge is -2.04. The number of hydrogen-bond acceptors (Lipinski definition) is 4. The Morgan fingerprint density at radius 2 is 2.06 bits per heavy atom. The van der Waals surface area contributed by atoms with Crippen LogP contribution in [0, 0.1) is 11.3 Å². The highest BCUT2D eigenvalue weighted by atomic mass is 16.5. The first-order chi connectivity index (χ1) is 8.71. The van der Waals surface area contributed by atoms with Gasteiger partial charge in [-0.15, -0.1) is 0 Å². The molecule has 0 saturated heterocycles. The number of hydrogen-bond donors (Lipinski definition) is 0. The van der Waals surface area contributed by atoms with Crippen molar-refractivity contribution in [2.45, 2.75) is 13.3 Å². The minimum absolute atomic E-state index is 0.0280. The summed E-state index contributed by atoms with van der Waals surface area (Å²) < 4.78 is 9.93. The first kappa shape index (κ1) is 13.8. The van der Waals surface area contributed by atoms with E-state index in [1.807, 2.05) is 6.92 Å². The number of methoxy groups -OCH3 is 1. The average Bonchev–Trinajstić information content (AvgIpc) is 2.43. The highest BCUT2D eigenvalue weighted by molar-refractivity contribution is 5.97. The summed E-state index contributed by atoms with van der Waals surface area (Å²) >= 11 is 0. The molecule has 0 atom stereocenters. The molecule has 0 unspecified atom stereocenters. The molecule has 0 amide bonds. The molecule has 0 spiro atoms. The third-order valence-corrected chi connectivity index (χ3v) is 2.19. The third-order valence-electron chi connectivity index (χ3n) is 2.19. The molecule has 0 aliphatic heterocycles. The van der Waals surface area contributed by atoms with E-state index >= 15 is 0 Å². The lowest BCUT2D eigenvalue weighted by Crippen LogP contribution is -2.02. The number of esters is 1. The molecule has 0 aliphatic carbocycles. The van der Waals surface area contributed by atoms with Crippen LogP contribution in [0.25, 0.3) is 6.08 Å². The predicted octanol–water partition coefficient (Wildman–Crippen LogP) is 2.56. The number of carbonyl (C=O) groups excluding carboxylic acids is 1. The van der Waals surface area contributed by atoms with Crippen molar-refractivity contribution in [1.29, 1.82) is 5.26 Å². The van der Waals surface area contributed by atoms with Crippen LogP contribution in [-0.4, -0.2) is 19.7 Å². The lowest BCUT2D eigenvalue weighted by atomic mass is 10.1. The number of benzene rings is 1. The number of nitrogens with zero attached hydrogens (tertiary/aromatic N) is 1. The predicted molar refractivity (Wildman–Crippen MR) is 67.8 cm³/mol. The molecule has 0 saturated carbocycles. The van der Waals surface area contributed by atoms with Gasteiger partial charge in [0.1, 0.15) is 17.4 Å². The summed E-state index contributed by atoms with van der Waals surface area (Å²) in [5.41, 5.74) is 0.723. The highest BCUT2D eigenvalue weighted by Gasteiger charge is 2.08. The Bertz CT molecular complexity index is 469. The molecule has 0 aromatic heterocycles. The van der Waals surface area contributed by atoms with E-state index < -0.39 is 5.97 Å². The van der Waals surface area contributed by atoms with E-state index in [0.29, 0.717) is 6.61 Å². The summed E-state index contributed by atoms with van der Waals surface area (Å²) in [4.78, 5) is 11.2. The molecule has 1 aromatic rings. The van der Waals surface area contributed by atoms with Crippen molar-refractivity contribution in [3.05, 3.63) is 35.4 Å². The van der Waals surface area contributed by atoms with E-state index in [2.05, 4.69) is 4.74 Å². The van der Waals surface area contributed by atoms with Gasteiger partial charge in [-0.2, -0.15) is 5.26 Å². The summed E-state index contributed by atoms with van der Waals surface area (Å²) in [6, 6.07) is 8.97. The van der Waals surface area contributed by atoms with Crippen molar-refractivity contribution in [1.82, 2.24) is 0 Å². The fourth-order valence-electron chi connectivity index (χ4n) is 1.29. The largest absolute Gasteiger partial charge is 0.494 e. The van der Waals surface area contributed by atoms with Crippen molar-refractivity contribution in [3.8, 4) is 11.8 Å². The second-order valence-corrected chi connectivity index (χ2v) is 3.58. The van der Waals surface area contributed by atoms with Crippen LogP contribution in [0.3, 0.4) is 0 Å². The maximum Gasteiger partial charge on any atom is 0.348 e. The number of nitriles is 1. The van der Waals surface area contributed by atoms with E-state index in [9.17, 15) is 4.79 Å². The van der Waals surface area contributed by atoms with Crippen molar-refractivity contribution in [3.63, 3.8) is 0 Å². The van der Waals surface area contributed by atoms with Crippen LogP contribution in [0.5, 0.6) is 5.75 Å². The zero-order valence-corrected chi connectivity index (χ0v) is 10.5. The van der Waals surface area contributed by atoms with Gasteiger partial charge in [0.2, 0.25) is 0 Å². The van der Waals surface area contributed by atoms with Gasteiger partial charge in [0.25, 0.3) is 0 Å². The maximum absolute atomic E-state index is 11.2. The van der Waals surface area contributed by atoms with Gasteiger partial charge < -0.3 is 9.47 Å². The Morgan fingerprint density at radius 1 is 1.39 bits per heavy atom. The van der Waals surface area contributed by atoms with Crippen LogP contribution in [0.1, 0.15) is 18.9 Å². The van der Waals surface area contributed by atoms with E-state index in [4.69, 9.17) is 10.00 Å². The van der Waals surface area contributed by atoms with Crippen molar-refractivity contribution in [2.24, 2.45) is 0 Å². The molecule has 4 heteroatoms. The summed E-state index contributed by atoms with van der Waals surface area (Å²) in [5.74, 6) is 0.134. The van der Waals surface area contributed by atoms with E-state index in [1.165, 1.54) is 13.2 Å². The Kier molecular flexibility index (Phi) is 5.46. The topological polar surface area (TPSA) is 59.3 Å². The molecule has 0 aliphatic rings. The Morgan fingerprint density at radius 3 is 2.56 bits per heavy atom. The van der Waals surface area contributed by atoms with Gasteiger partial charge in [-0.1, -0.05) is 19.1 Å². The molecule has 1 rings (SSSR count). The van der Waals surface area contributed by atoms with E-state index in [-0.39, 0.29) is 5.57 Å². The average molecular weight is 245 g/mol. The molecule has 0 radical (unpaired) electrons. The minimum Gasteiger partial charge on any atom is -0.494 e. The van der Waals surface area contributed by atoms with Gasteiger partial charge in [-0.3, -0.25) is 0 Å². The van der Waals surface area contributed by atoms with E-state index in [1.54, 1.807) is 30.3 Å². The Labute approximate surface area is 106 Å². The van der Waals surface area contributed by atoms with Crippen LogP contribution in [0.2, 0.25) is 0 Å². The summed E-state index contributed by atoms with van der Waals surface area (Å²) in [6.07, 6.45) is 2.43. The van der Waals surface area contributed by atoms with Crippen LogP contribution in [-0.2, 0) is 9.53 Å². The molecule has 0 heterocycles. The van der Waals surface area contributed by atoms with Gasteiger partial charge in [0, 0.05) is 0 Å². The lowest BCUT2D eigenvalue weighted by molar-refractivity contribution is -0.135. The fourth-order valence-corrected chi connectivity index (χ4v) is 1.29. The van der Waals surface area contributed by atoms with Gasteiger partial charge in [0.05, 0.1) is 13.7 Å². The quantitative estimate of drug-likeness (QED) is 0.454. The molecule has 1 aromatic carbocycles. The van der Waals surface area contributed by atoms with Crippen molar-refractivity contribution < 1.29 is 14.3 Å². The number of ether oxygens (including phenoxy) is 2. The molecule has 18 heavy (non-hydrogen) atoms. The molecule has 0 bridgehead atoms. The highest BCUT2D eigenvalue weighted by Crippen LogP contribution is 2.15. The summed E-state index contributed by atoms with van der Waals surface area (Å²) in [6.45, 7) is 2.70. The maximum atomic E-state index is 11.2. The second-order valence-electron chi connectivity index (χ2n) is 3.58. The first-order valence-electron chi connectivity index (χ1n) is 5.64. The first-order valence-corrected chi connectivity index (χ1v) is 5.64. The number of carbonyl (C=O) groups is 1. The molecular weight excluding hydrogens is 230 g/mol. The van der Waals surface area contributed by atoms with Gasteiger partial charge >= 0.3 is 5.97 Å². The minimum atomic E-state index is -0.635. The second kappa shape index (κ2) is 7.13. The van der Waals surface area contributed by atoms with Gasteiger partial charge in [0.15, 0.2) is 0 Å². The summed E-state index contributed by atoms with van der Waals surface area (Å²) in [7, 11) is 1.25. The molecular formula is C14H15NO3. The smallest absolute Gasteiger partial charge is 0.348 e. The third kappa shape index (κ3) is 3.95. The fraction of sp³-hybridized carbons (Fsp3) is 0.286. The zero-order chi connectivity index (χ0) is 13.4. The standard InChI is InChI=1S/C14H15NO3/c1-3-8-18-13-6-4-11(5-7-13)9-12(10-15)14(16)17-2/h4-7,9H,3,8H2,1-2H3. The molecule has 94 valence electrons. The molecule has 4 nitrogen and oxygen atoms in total. The van der Waals surface area contributed by atoms with Crippen LogP contribution in [0.15, 0.2) is 29.8 Å². The van der Waals surface area contributed by atoms with Crippen molar-refractivity contribution >= 4 is 12.0 Å². The van der Waals surface area contributed by atoms with Crippen molar-refractivity contribution in [2.75, 3.05) is 13.7 Å².